The summed E-state index contributed by atoms with van der Waals surface area (Å²) in [4.78, 5) is 6.93. The SMILES string of the molecule is CCc1ncc(S(=O)(=O)N2Cc3ccccc3C2)[nH]1. The number of aromatic amines is 1. The minimum atomic E-state index is -3.48. The molecule has 0 bridgehead atoms. The first-order valence-corrected chi connectivity index (χ1v) is 7.66. The molecular weight excluding hydrogens is 262 g/mol. The third-order valence-corrected chi connectivity index (χ3v) is 5.07. The first-order valence-electron chi connectivity index (χ1n) is 6.22. The molecule has 1 aromatic heterocycles. The number of benzene rings is 1. The highest BCUT2D eigenvalue weighted by molar-refractivity contribution is 7.89. The van der Waals surface area contributed by atoms with Crippen LogP contribution in [0.2, 0.25) is 0 Å². The minimum absolute atomic E-state index is 0.178. The molecule has 0 saturated carbocycles. The van der Waals surface area contributed by atoms with E-state index in [1.807, 2.05) is 31.2 Å². The van der Waals surface area contributed by atoms with Crippen LogP contribution in [0.15, 0.2) is 35.5 Å². The van der Waals surface area contributed by atoms with E-state index in [4.69, 9.17) is 0 Å². The zero-order chi connectivity index (χ0) is 13.5. The van der Waals surface area contributed by atoms with E-state index in [0.29, 0.717) is 25.3 Å². The number of sulfonamides is 1. The van der Waals surface area contributed by atoms with E-state index < -0.39 is 10.0 Å². The number of nitrogens with zero attached hydrogens (tertiary/aromatic N) is 2. The molecule has 0 aliphatic carbocycles. The lowest BCUT2D eigenvalue weighted by Gasteiger charge is -2.13. The van der Waals surface area contributed by atoms with Gasteiger partial charge >= 0.3 is 0 Å². The van der Waals surface area contributed by atoms with Crippen molar-refractivity contribution in [3.05, 3.63) is 47.4 Å². The van der Waals surface area contributed by atoms with Gasteiger partial charge in [0.25, 0.3) is 10.0 Å². The fourth-order valence-corrected chi connectivity index (χ4v) is 3.59. The van der Waals surface area contributed by atoms with Crippen LogP contribution in [0.1, 0.15) is 23.9 Å². The molecule has 3 rings (SSSR count). The molecule has 1 aliphatic rings. The van der Waals surface area contributed by atoms with Crippen LogP contribution in [0.5, 0.6) is 0 Å². The normalized spacial score (nSPS) is 15.6. The monoisotopic (exact) mass is 277 g/mol. The number of aryl methyl sites for hydroxylation is 1. The van der Waals surface area contributed by atoms with E-state index in [2.05, 4.69) is 9.97 Å². The molecule has 6 heteroatoms. The Morgan fingerprint density at radius 3 is 2.42 bits per heavy atom. The van der Waals surface area contributed by atoms with Crippen LogP contribution in [-0.2, 0) is 29.5 Å². The Labute approximate surface area is 112 Å². The highest BCUT2D eigenvalue weighted by atomic mass is 32.2. The lowest BCUT2D eigenvalue weighted by Crippen LogP contribution is -2.26. The van der Waals surface area contributed by atoms with Gasteiger partial charge in [0.05, 0.1) is 6.20 Å². The van der Waals surface area contributed by atoms with E-state index in [-0.39, 0.29) is 5.03 Å². The minimum Gasteiger partial charge on any atom is -0.332 e. The number of imidazole rings is 1. The van der Waals surface area contributed by atoms with Crippen LogP contribution in [0.25, 0.3) is 0 Å². The van der Waals surface area contributed by atoms with Crippen molar-refractivity contribution in [2.45, 2.75) is 31.5 Å². The zero-order valence-corrected chi connectivity index (χ0v) is 11.4. The van der Waals surface area contributed by atoms with Gasteiger partial charge in [0.15, 0.2) is 5.03 Å². The summed E-state index contributed by atoms with van der Waals surface area (Å²) in [7, 11) is -3.48. The fourth-order valence-electron chi connectivity index (χ4n) is 2.27. The molecular formula is C13H15N3O2S. The summed E-state index contributed by atoms with van der Waals surface area (Å²) in [6.07, 6.45) is 2.09. The topological polar surface area (TPSA) is 66.1 Å². The maximum absolute atomic E-state index is 12.5. The van der Waals surface area contributed by atoms with Crippen LogP contribution < -0.4 is 0 Å². The summed E-state index contributed by atoms with van der Waals surface area (Å²) in [5, 5.41) is 0.178. The van der Waals surface area contributed by atoms with Crippen molar-refractivity contribution in [3.8, 4) is 0 Å². The molecule has 5 nitrogen and oxygen atoms in total. The van der Waals surface area contributed by atoms with Gasteiger partial charge < -0.3 is 4.98 Å². The van der Waals surface area contributed by atoms with Gasteiger partial charge in [-0.3, -0.25) is 0 Å². The Bertz CT molecular complexity index is 681. The molecule has 0 spiro atoms. The number of hydrogen-bond acceptors (Lipinski definition) is 3. The molecule has 2 heterocycles. The third-order valence-electron chi connectivity index (χ3n) is 3.37. The molecule has 1 N–H and O–H groups in total. The molecule has 1 aliphatic heterocycles. The van der Waals surface area contributed by atoms with E-state index in [9.17, 15) is 8.42 Å². The Morgan fingerprint density at radius 2 is 1.89 bits per heavy atom. The van der Waals surface area contributed by atoms with E-state index in [1.165, 1.54) is 10.5 Å². The van der Waals surface area contributed by atoms with Gasteiger partial charge in [-0.15, -0.1) is 0 Å². The van der Waals surface area contributed by atoms with Crippen LogP contribution in [-0.4, -0.2) is 22.7 Å². The zero-order valence-electron chi connectivity index (χ0n) is 10.6. The smallest absolute Gasteiger partial charge is 0.260 e. The lowest BCUT2D eigenvalue weighted by molar-refractivity contribution is 0.429. The Morgan fingerprint density at radius 1 is 1.26 bits per heavy atom. The molecule has 0 radical (unpaired) electrons. The van der Waals surface area contributed by atoms with Crippen molar-refractivity contribution in [1.82, 2.24) is 14.3 Å². The molecule has 2 aromatic rings. The maximum Gasteiger partial charge on any atom is 0.260 e. The second-order valence-corrected chi connectivity index (χ2v) is 6.50. The number of rotatable bonds is 3. The molecule has 1 aromatic carbocycles. The number of H-pyrrole nitrogens is 1. The number of aromatic nitrogens is 2. The van der Waals surface area contributed by atoms with E-state index in [0.717, 1.165) is 11.1 Å². The van der Waals surface area contributed by atoms with Gasteiger partial charge in [0.1, 0.15) is 5.82 Å². The van der Waals surface area contributed by atoms with Gasteiger partial charge in [0, 0.05) is 19.5 Å². The first-order chi connectivity index (χ1) is 9.11. The second kappa shape index (κ2) is 4.47. The molecule has 19 heavy (non-hydrogen) atoms. The first kappa shape index (κ1) is 12.4. The Kier molecular flexibility index (Phi) is 2.91. The van der Waals surface area contributed by atoms with Crippen molar-refractivity contribution in [2.75, 3.05) is 0 Å². The van der Waals surface area contributed by atoms with Crippen LogP contribution >= 0.6 is 0 Å². The average molecular weight is 277 g/mol. The molecule has 0 saturated heterocycles. The van der Waals surface area contributed by atoms with Crippen LogP contribution in [0, 0.1) is 0 Å². The van der Waals surface area contributed by atoms with E-state index >= 15 is 0 Å². The number of nitrogens with one attached hydrogen (secondary N) is 1. The second-order valence-electron chi connectivity index (χ2n) is 4.59. The molecule has 0 atom stereocenters. The Hall–Kier alpha value is -1.66. The number of hydrogen-bond donors (Lipinski definition) is 1. The summed E-state index contributed by atoms with van der Waals surface area (Å²) in [6.45, 7) is 2.79. The van der Waals surface area contributed by atoms with Crippen molar-refractivity contribution in [2.24, 2.45) is 0 Å². The quantitative estimate of drug-likeness (QED) is 0.928. The molecule has 0 unspecified atom stereocenters. The molecule has 0 amide bonds. The predicted molar refractivity (Wildman–Crippen MR) is 70.8 cm³/mol. The van der Waals surface area contributed by atoms with Gasteiger partial charge in [-0.05, 0) is 11.1 Å². The fraction of sp³-hybridized carbons (Fsp3) is 0.308. The van der Waals surface area contributed by atoms with Crippen molar-refractivity contribution in [1.29, 1.82) is 0 Å². The van der Waals surface area contributed by atoms with Gasteiger partial charge in [0.2, 0.25) is 0 Å². The highest BCUT2D eigenvalue weighted by Crippen LogP contribution is 2.27. The number of fused-ring (bicyclic) bond motifs is 1. The van der Waals surface area contributed by atoms with Crippen molar-refractivity contribution < 1.29 is 8.42 Å². The van der Waals surface area contributed by atoms with Crippen LogP contribution in [0.4, 0.5) is 0 Å². The molecule has 0 fully saturated rings. The predicted octanol–water partition coefficient (Wildman–Crippen LogP) is 1.68. The van der Waals surface area contributed by atoms with Crippen LogP contribution in [0.3, 0.4) is 0 Å². The lowest BCUT2D eigenvalue weighted by atomic mass is 10.1. The summed E-state index contributed by atoms with van der Waals surface area (Å²) < 4.78 is 26.5. The summed E-state index contributed by atoms with van der Waals surface area (Å²) in [5.74, 6) is 0.690. The summed E-state index contributed by atoms with van der Waals surface area (Å²) in [6, 6.07) is 7.80. The van der Waals surface area contributed by atoms with Gasteiger partial charge in [-0.1, -0.05) is 31.2 Å². The maximum atomic E-state index is 12.5. The average Bonchev–Trinajstić information content (AvgIpc) is 3.05. The van der Waals surface area contributed by atoms with Crippen molar-refractivity contribution in [3.63, 3.8) is 0 Å². The molecule has 100 valence electrons. The summed E-state index contributed by atoms with van der Waals surface area (Å²) >= 11 is 0. The standard InChI is InChI=1S/C13H15N3O2S/c1-2-12-14-7-13(15-12)19(17,18)16-8-10-5-3-4-6-11(10)9-16/h3-7H,2,8-9H2,1H3,(H,14,15). The van der Waals surface area contributed by atoms with Gasteiger partial charge in [-0.2, -0.15) is 4.31 Å². The van der Waals surface area contributed by atoms with E-state index in [1.54, 1.807) is 0 Å². The Balaban J connectivity index is 1.91. The van der Waals surface area contributed by atoms with Gasteiger partial charge in [-0.25, -0.2) is 13.4 Å². The largest absolute Gasteiger partial charge is 0.332 e. The summed E-state index contributed by atoms with van der Waals surface area (Å²) in [5.41, 5.74) is 2.14. The third kappa shape index (κ3) is 2.06. The highest BCUT2D eigenvalue weighted by Gasteiger charge is 2.31. The van der Waals surface area contributed by atoms with Crippen molar-refractivity contribution >= 4 is 10.0 Å².